The molecule has 0 rings (SSSR count). The summed E-state index contributed by atoms with van der Waals surface area (Å²) in [5.74, 6) is 0.564. The van der Waals surface area contributed by atoms with Crippen LogP contribution in [-0.4, -0.2) is 86.5 Å². The number of likely N-dealkylation sites (N-methyl/N-ethyl adjacent to an activating group) is 1. The summed E-state index contributed by atoms with van der Waals surface area (Å²) in [6.45, 7) is 10.7. The molecule has 7 heteroatoms. The molecule has 1 N–H and O–H groups in total. The standard InChI is InChI=1S/C39H77N2O5/c1-6-8-10-12-14-16-18-20-22-24-26-28-37(3)45-34-30-40(38(43)36-41(4,5)32-33-42)31-35-46-39(44)29-27-25-23-21-19-17-15-13-11-9-7-2/h42H,3,6-36H2,1-2,4-5H3/q+1. The van der Waals surface area contributed by atoms with Crippen molar-refractivity contribution in [1.82, 2.24) is 4.90 Å². The molecule has 0 saturated heterocycles. The number of aliphatic hydroxyl groups is 1. The minimum atomic E-state index is -0.184. The van der Waals surface area contributed by atoms with Gasteiger partial charge in [-0.3, -0.25) is 9.59 Å². The molecule has 1 amide bonds. The molecule has 0 aromatic rings. The number of nitrogens with zero attached hydrogens (tertiary/aromatic N) is 2. The number of hydrogen-bond acceptors (Lipinski definition) is 5. The van der Waals surface area contributed by atoms with E-state index >= 15 is 0 Å². The number of hydrogen-bond donors (Lipinski definition) is 1. The Morgan fingerprint density at radius 2 is 1.00 bits per heavy atom. The van der Waals surface area contributed by atoms with E-state index in [1.165, 1.54) is 122 Å². The van der Waals surface area contributed by atoms with Gasteiger partial charge in [-0.2, -0.15) is 0 Å². The first-order chi connectivity index (χ1) is 22.3. The largest absolute Gasteiger partial charge is 0.497 e. The molecule has 7 nitrogen and oxygen atoms in total. The van der Waals surface area contributed by atoms with Gasteiger partial charge in [-0.15, -0.1) is 0 Å². The molecule has 0 aliphatic rings. The van der Waals surface area contributed by atoms with Crippen molar-refractivity contribution < 1.29 is 28.7 Å². The second-order valence-electron chi connectivity index (χ2n) is 14.1. The van der Waals surface area contributed by atoms with Gasteiger partial charge in [0.05, 0.1) is 39.6 Å². The molecule has 0 radical (unpaired) electrons. The molecule has 0 unspecified atom stereocenters. The van der Waals surface area contributed by atoms with Crippen molar-refractivity contribution in [2.45, 2.75) is 168 Å². The van der Waals surface area contributed by atoms with Crippen LogP contribution in [0.25, 0.3) is 0 Å². The Morgan fingerprint density at radius 3 is 1.43 bits per heavy atom. The van der Waals surface area contributed by atoms with Crippen LogP contribution in [0.1, 0.15) is 168 Å². The van der Waals surface area contributed by atoms with Crippen LogP contribution >= 0.6 is 0 Å². The number of carbonyl (C=O) groups is 2. The highest BCUT2D eigenvalue weighted by molar-refractivity contribution is 5.77. The van der Waals surface area contributed by atoms with E-state index in [2.05, 4.69) is 20.4 Å². The minimum Gasteiger partial charge on any atom is -0.497 e. The summed E-state index contributed by atoms with van der Waals surface area (Å²) in [4.78, 5) is 27.2. The van der Waals surface area contributed by atoms with Crippen molar-refractivity contribution in [2.24, 2.45) is 0 Å². The first kappa shape index (κ1) is 44.4. The van der Waals surface area contributed by atoms with Crippen LogP contribution in [0.5, 0.6) is 0 Å². The van der Waals surface area contributed by atoms with Crippen molar-refractivity contribution in [3.63, 3.8) is 0 Å². The Morgan fingerprint density at radius 1 is 0.609 bits per heavy atom. The van der Waals surface area contributed by atoms with Crippen LogP contribution in [0.4, 0.5) is 0 Å². The first-order valence-electron chi connectivity index (χ1n) is 19.4. The number of quaternary nitrogens is 1. The summed E-state index contributed by atoms with van der Waals surface area (Å²) in [5, 5.41) is 9.39. The van der Waals surface area contributed by atoms with E-state index in [4.69, 9.17) is 9.47 Å². The van der Waals surface area contributed by atoms with E-state index in [1.807, 2.05) is 14.1 Å². The molecule has 0 heterocycles. The highest BCUT2D eigenvalue weighted by Gasteiger charge is 2.24. The van der Waals surface area contributed by atoms with E-state index in [9.17, 15) is 14.7 Å². The normalized spacial score (nSPS) is 11.5. The van der Waals surface area contributed by atoms with Gasteiger partial charge < -0.3 is 24.0 Å². The maximum absolute atomic E-state index is 13.2. The fourth-order valence-electron chi connectivity index (χ4n) is 5.81. The summed E-state index contributed by atoms with van der Waals surface area (Å²) in [6.07, 6.45) is 29.4. The predicted octanol–water partition coefficient (Wildman–Crippen LogP) is 9.36. The minimum absolute atomic E-state index is 0.0267. The van der Waals surface area contributed by atoms with Crippen molar-refractivity contribution in [2.75, 3.05) is 60.1 Å². The number of ether oxygens (including phenoxy) is 2. The van der Waals surface area contributed by atoms with Gasteiger partial charge in [0.15, 0.2) is 6.54 Å². The number of aliphatic hydroxyl groups excluding tert-OH is 1. The number of esters is 1. The van der Waals surface area contributed by atoms with Crippen LogP contribution in [0.15, 0.2) is 12.3 Å². The molecule has 0 saturated carbocycles. The number of carbonyl (C=O) groups excluding carboxylic acids is 2. The van der Waals surface area contributed by atoms with E-state index in [-0.39, 0.29) is 31.6 Å². The summed E-state index contributed by atoms with van der Waals surface area (Å²) in [7, 11) is 3.87. The van der Waals surface area contributed by atoms with E-state index in [1.54, 1.807) is 4.90 Å². The van der Waals surface area contributed by atoms with Gasteiger partial charge in [0.25, 0.3) is 5.91 Å². The molecule has 0 spiro atoms. The molecule has 0 fully saturated rings. The summed E-state index contributed by atoms with van der Waals surface area (Å²) < 4.78 is 11.8. The van der Waals surface area contributed by atoms with Crippen LogP contribution in [0.3, 0.4) is 0 Å². The maximum atomic E-state index is 13.2. The lowest BCUT2D eigenvalue weighted by Gasteiger charge is -2.31. The Hall–Kier alpha value is -1.60. The summed E-state index contributed by atoms with van der Waals surface area (Å²) in [6, 6.07) is 0. The van der Waals surface area contributed by atoms with E-state index in [0.717, 1.165) is 31.4 Å². The quantitative estimate of drug-likeness (QED) is 0.0319. The molecule has 0 bridgehead atoms. The summed E-state index contributed by atoms with van der Waals surface area (Å²) in [5.41, 5.74) is 0. The van der Waals surface area contributed by atoms with Crippen molar-refractivity contribution in [3.05, 3.63) is 12.3 Å². The number of amides is 1. The second-order valence-corrected chi connectivity index (χ2v) is 14.1. The average Bonchev–Trinajstić information content (AvgIpc) is 3.01. The lowest BCUT2D eigenvalue weighted by Crippen LogP contribution is -2.51. The third kappa shape index (κ3) is 29.8. The predicted molar refractivity (Wildman–Crippen MR) is 194 cm³/mol. The molecular weight excluding hydrogens is 576 g/mol. The van der Waals surface area contributed by atoms with E-state index < -0.39 is 0 Å². The van der Waals surface area contributed by atoms with Crippen LogP contribution in [0.2, 0.25) is 0 Å². The number of rotatable bonds is 35. The topological polar surface area (TPSA) is 76.1 Å². The molecule has 0 aromatic heterocycles. The third-order valence-electron chi connectivity index (χ3n) is 8.96. The zero-order valence-electron chi connectivity index (χ0n) is 31.1. The lowest BCUT2D eigenvalue weighted by atomic mass is 10.1. The Balaban J connectivity index is 4.24. The molecule has 0 atom stereocenters. The van der Waals surface area contributed by atoms with Gasteiger partial charge in [-0.25, -0.2) is 0 Å². The zero-order valence-corrected chi connectivity index (χ0v) is 31.1. The molecule has 46 heavy (non-hydrogen) atoms. The second kappa shape index (κ2) is 32.0. The van der Waals surface area contributed by atoms with Gasteiger partial charge in [0.2, 0.25) is 0 Å². The number of unbranched alkanes of at least 4 members (excludes halogenated alkanes) is 20. The van der Waals surface area contributed by atoms with Crippen LogP contribution < -0.4 is 0 Å². The first-order valence-corrected chi connectivity index (χ1v) is 19.4. The van der Waals surface area contributed by atoms with Crippen molar-refractivity contribution in [1.29, 1.82) is 0 Å². The van der Waals surface area contributed by atoms with Gasteiger partial charge in [-0.05, 0) is 12.8 Å². The SMILES string of the molecule is C=C(CCCCCCCCCCCCC)OCCN(CCOC(=O)CCCCCCCCCCCCC)C(=O)C[N+](C)(C)CCO. The number of allylic oxidation sites excluding steroid dienone is 1. The highest BCUT2D eigenvalue weighted by atomic mass is 16.5. The van der Waals surface area contributed by atoms with Crippen LogP contribution in [0, 0.1) is 0 Å². The fourth-order valence-corrected chi connectivity index (χ4v) is 5.81. The van der Waals surface area contributed by atoms with Gasteiger partial charge in [-0.1, -0.05) is 149 Å². The molecule has 272 valence electrons. The lowest BCUT2D eigenvalue weighted by molar-refractivity contribution is -0.883. The summed E-state index contributed by atoms with van der Waals surface area (Å²) >= 11 is 0. The Bertz CT molecular complexity index is 683. The van der Waals surface area contributed by atoms with Gasteiger partial charge in [0, 0.05) is 12.8 Å². The Labute approximate surface area is 285 Å². The van der Waals surface area contributed by atoms with Crippen LogP contribution in [-0.2, 0) is 19.1 Å². The zero-order chi connectivity index (χ0) is 34.1. The smallest absolute Gasteiger partial charge is 0.305 e. The van der Waals surface area contributed by atoms with E-state index in [0.29, 0.717) is 37.1 Å². The monoisotopic (exact) mass is 654 g/mol. The molecule has 0 aromatic carbocycles. The average molecular weight is 654 g/mol. The van der Waals surface area contributed by atoms with Crippen molar-refractivity contribution >= 4 is 11.9 Å². The molecule has 0 aliphatic heterocycles. The fraction of sp³-hybridized carbons (Fsp3) is 0.897. The van der Waals surface area contributed by atoms with Crippen molar-refractivity contribution in [3.8, 4) is 0 Å². The molecule has 0 aliphatic carbocycles. The maximum Gasteiger partial charge on any atom is 0.305 e. The molecular formula is C39H77N2O5+. The third-order valence-corrected chi connectivity index (χ3v) is 8.96. The van der Waals surface area contributed by atoms with Gasteiger partial charge in [0.1, 0.15) is 19.8 Å². The highest BCUT2D eigenvalue weighted by Crippen LogP contribution is 2.15. The Kier molecular flexibility index (Phi) is 30.9. The van der Waals surface area contributed by atoms with Gasteiger partial charge >= 0.3 is 5.97 Å².